The van der Waals surface area contributed by atoms with Crippen LogP contribution in [0.4, 0.5) is 32.6 Å². The van der Waals surface area contributed by atoms with Gasteiger partial charge in [-0.3, -0.25) is 9.59 Å². The molecule has 1 saturated heterocycles. The van der Waals surface area contributed by atoms with Gasteiger partial charge >= 0.3 is 12.2 Å². The monoisotopic (exact) mass is 570 g/mol. The smallest absolute Gasteiger partial charge is 0.364 e. The van der Waals surface area contributed by atoms with Gasteiger partial charge in [0.2, 0.25) is 11.8 Å². The van der Waals surface area contributed by atoms with Crippen LogP contribution >= 0.6 is 0 Å². The summed E-state index contributed by atoms with van der Waals surface area (Å²) in [7, 11) is 0. The van der Waals surface area contributed by atoms with Crippen LogP contribution in [0, 0.1) is 5.92 Å². The van der Waals surface area contributed by atoms with Crippen LogP contribution in [-0.2, 0) is 11.3 Å². The van der Waals surface area contributed by atoms with Crippen molar-refractivity contribution in [3.8, 4) is 0 Å². The molecule has 3 heterocycles. The maximum absolute atomic E-state index is 13.8. The van der Waals surface area contributed by atoms with E-state index in [9.17, 15) is 36.3 Å². The minimum Gasteiger partial charge on any atom is -0.364 e. The summed E-state index contributed by atoms with van der Waals surface area (Å²) in [5.74, 6) is -4.61. The molecule has 15 heteroatoms. The van der Waals surface area contributed by atoms with Gasteiger partial charge in [-0.2, -0.15) is 13.2 Å². The minimum absolute atomic E-state index is 0.00238. The van der Waals surface area contributed by atoms with Crippen molar-refractivity contribution >= 4 is 23.7 Å². The Hall–Kier alpha value is -3.78. The lowest BCUT2D eigenvalue weighted by molar-refractivity contribution is -0.149. The second kappa shape index (κ2) is 10.7. The number of pyridine rings is 1. The molecule has 4 amide bonds. The Morgan fingerprint density at radius 2 is 1.93 bits per heavy atom. The number of carbonyl (C=O) groups is 3. The zero-order valence-corrected chi connectivity index (χ0v) is 21.1. The Labute approximate surface area is 225 Å². The van der Waals surface area contributed by atoms with Gasteiger partial charge in [0.1, 0.15) is 29.7 Å². The van der Waals surface area contributed by atoms with E-state index in [0.717, 1.165) is 17.7 Å². The van der Waals surface area contributed by atoms with Crippen LogP contribution in [-0.4, -0.2) is 63.6 Å². The van der Waals surface area contributed by atoms with Gasteiger partial charge in [-0.1, -0.05) is 5.16 Å². The molecule has 10 nitrogen and oxygen atoms in total. The third-order valence-corrected chi connectivity index (χ3v) is 7.44. The fraction of sp³-hybridized carbons (Fsp3) is 0.560. The van der Waals surface area contributed by atoms with Gasteiger partial charge in [0.15, 0.2) is 0 Å². The number of anilines is 1. The first-order valence-corrected chi connectivity index (χ1v) is 12.9. The predicted molar refractivity (Wildman–Crippen MR) is 128 cm³/mol. The Morgan fingerprint density at radius 1 is 1.20 bits per heavy atom. The van der Waals surface area contributed by atoms with Gasteiger partial charge < -0.3 is 25.4 Å². The molecule has 0 unspecified atom stereocenters. The Balaban J connectivity index is 1.29. The van der Waals surface area contributed by atoms with E-state index in [1.165, 1.54) is 24.6 Å². The number of rotatable bonds is 8. The van der Waals surface area contributed by atoms with Crippen LogP contribution in [0.3, 0.4) is 0 Å². The summed E-state index contributed by atoms with van der Waals surface area (Å²) in [6.07, 6.45) is -1.23. The molecular weight excluding hydrogens is 543 g/mol. The maximum Gasteiger partial charge on any atom is 0.410 e. The van der Waals surface area contributed by atoms with Gasteiger partial charge in [0.05, 0.1) is 12.2 Å². The van der Waals surface area contributed by atoms with Gasteiger partial charge in [0.25, 0.3) is 5.91 Å². The van der Waals surface area contributed by atoms with E-state index in [2.05, 4.69) is 20.8 Å². The van der Waals surface area contributed by atoms with E-state index in [1.54, 1.807) is 0 Å². The van der Waals surface area contributed by atoms with E-state index in [0.29, 0.717) is 11.3 Å². The zero-order chi connectivity index (χ0) is 28.7. The van der Waals surface area contributed by atoms with Crippen molar-refractivity contribution in [2.45, 2.75) is 75.2 Å². The molecule has 1 aliphatic heterocycles. The number of amides is 4. The third kappa shape index (κ3) is 6.33. The highest BCUT2D eigenvalue weighted by Crippen LogP contribution is 2.41. The predicted octanol–water partition coefficient (Wildman–Crippen LogP) is 3.97. The topological polar surface area (TPSA) is 129 Å². The number of nitrogens with one attached hydrogen (secondary N) is 3. The molecule has 0 spiro atoms. The van der Waals surface area contributed by atoms with Crippen molar-refractivity contribution < 1.29 is 40.9 Å². The first kappa shape index (κ1) is 27.8. The lowest BCUT2D eigenvalue weighted by Crippen LogP contribution is -2.50. The molecule has 0 bridgehead atoms. The quantitative estimate of drug-likeness (QED) is 0.412. The van der Waals surface area contributed by atoms with Crippen molar-refractivity contribution in [3.63, 3.8) is 0 Å². The third-order valence-electron chi connectivity index (χ3n) is 7.44. The van der Waals surface area contributed by atoms with Crippen molar-refractivity contribution in [2.75, 3.05) is 11.9 Å². The highest BCUT2D eigenvalue weighted by atomic mass is 19.4. The van der Waals surface area contributed by atoms with E-state index in [4.69, 9.17) is 4.52 Å². The second-order valence-electron chi connectivity index (χ2n) is 10.5. The van der Waals surface area contributed by atoms with E-state index in [1.807, 2.05) is 5.32 Å². The average molecular weight is 571 g/mol. The number of hydrogen-bond donors (Lipinski definition) is 3. The molecule has 2 aromatic heterocycles. The molecule has 2 aromatic rings. The van der Waals surface area contributed by atoms with E-state index >= 15 is 0 Å². The fourth-order valence-corrected chi connectivity index (χ4v) is 5.06. The van der Waals surface area contributed by atoms with Crippen molar-refractivity contribution in [1.29, 1.82) is 0 Å². The van der Waals surface area contributed by atoms with Gasteiger partial charge in [0, 0.05) is 31.5 Å². The molecule has 216 valence electrons. The number of aromatic nitrogens is 2. The molecular formula is C25H27F5N6O4. The van der Waals surface area contributed by atoms with Gasteiger partial charge in [-0.15, -0.1) is 0 Å². The molecule has 0 radical (unpaired) electrons. The molecule has 3 N–H and O–H groups in total. The van der Waals surface area contributed by atoms with Crippen LogP contribution in [0.25, 0.3) is 0 Å². The summed E-state index contributed by atoms with van der Waals surface area (Å²) in [4.78, 5) is 43.5. The lowest BCUT2D eigenvalue weighted by atomic mass is 9.81. The van der Waals surface area contributed by atoms with Crippen molar-refractivity contribution in [2.24, 2.45) is 5.92 Å². The average Bonchev–Trinajstić information content (AvgIpc) is 3.48. The van der Waals surface area contributed by atoms with Gasteiger partial charge in [-0.25, -0.2) is 18.6 Å². The van der Waals surface area contributed by atoms with Gasteiger partial charge in [-0.05, 0) is 49.3 Å². The van der Waals surface area contributed by atoms with Crippen LogP contribution in [0.2, 0.25) is 0 Å². The molecule has 40 heavy (non-hydrogen) atoms. The molecule has 3 fully saturated rings. The first-order chi connectivity index (χ1) is 18.9. The molecule has 2 saturated carbocycles. The van der Waals surface area contributed by atoms with Crippen LogP contribution < -0.4 is 16.0 Å². The summed E-state index contributed by atoms with van der Waals surface area (Å²) in [6.45, 7) is -0.739. The van der Waals surface area contributed by atoms with Crippen molar-refractivity contribution in [1.82, 2.24) is 25.7 Å². The van der Waals surface area contributed by atoms with Crippen LogP contribution in [0.15, 0.2) is 29.1 Å². The van der Waals surface area contributed by atoms with Crippen LogP contribution in [0.1, 0.15) is 66.1 Å². The number of carbonyl (C=O) groups excluding carboxylic acids is 3. The Bertz CT molecular complexity index is 1270. The SMILES string of the molecule is O=C(N[C@H](C(=O)Nc1cc(CN2C[C@@H](C(F)(F)F)NC2=O)ccn1)C1CCC(F)(F)CC1)c1conc1C1CC1. The van der Waals surface area contributed by atoms with E-state index < -0.39 is 67.3 Å². The highest BCUT2D eigenvalue weighted by Gasteiger charge is 2.47. The second-order valence-corrected chi connectivity index (χ2v) is 10.5. The Morgan fingerprint density at radius 3 is 2.58 bits per heavy atom. The molecule has 2 atom stereocenters. The number of halogens is 5. The lowest BCUT2D eigenvalue weighted by Gasteiger charge is -2.33. The first-order valence-electron chi connectivity index (χ1n) is 12.9. The maximum atomic E-state index is 13.8. The number of nitrogens with zero attached hydrogens (tertiary/aromatic N) is 3. The normalized spacial score (nSPS) is 22.1. The van der Waals surface area contributed by atoms with Crippen molar-refractivity contribution in [3.05, 3.63) is 41.4 Å². The molecule has 0 aromatic carbocycles. The standard InChI is InChI=1S/C25H27F5N6O4/c26-24(27)6-3-15(4-7-24)20(34-21(37)16-12-40-35-19(16)14-1-2-14)22(38)33-18-9-13(5-8-31-18)10-36-11-17(25(28,29)30)32-23(36)39/h5,8-9,12,14-15,17,20H,1-4,6-7,10-11H2,(H,32,39)(H,34,37)(H,31,33,38)/t17-,20-/m0/s1. The number of alkyl halides is 5. The fourth-order valence-electron chi connectivity index (χ4n) is 5.06. The largest absolute Gasteiger partial charge is 0.410 e. The summed E-state index contributed by atoms with van der Waals surface area (Å²) >= 11 is 0. The summed E-state index contributed by atoms with van der Waals surface area (Å²) in [6, 6.07) is -1.16. The van der Waals surface area contributed by atoms with Crippen LogP contribution in [0.5, 0.6) is 0 Å². The minimum atomic E-state index is -4.59. The zero-order valence-electron chi connectivity index (χ0n) is 21.1. The number of hydrogen-bond acceptors (Lipinski definition) is 6. The highest BCUT2D eigenvalue weighted by molar-refractivity contribution is 6.01. The molecule has 2 aliphatic carbocycles. The number of urea groups is 1. The Kier molecular flexibility index (Phi) is 7.40. The molecule has 3 aliphatic rings. The summed E-state index contributed by atoms with van der Waals surface area (Å²) in [5.41, 5.74) is 1.07. The van der Waals surface area contributed by atoms with E-state index in [-0.39, 0.29) is 36.7 Å². The summed E-state index contributed by atoms with van der Waals surface area (Å²) in [5, 5.41) is 11.0. The summed E-state index contributed by atoms with van der Waals surface area (Å²) < 4.78 is 71.6. The molecule has 5 rings (SSSR count).